The molecule has 0 fully saturated rings. The molecule has 0 aromatic heterocycles. The molecule has 2 aromatic carbocycles. The molecule has 158 valence electrons. The van der Waals surface area contributed by atoms with Gasteiger partial charge in [-0.1, -0.05) is 74.5 Å². The third kappa shape index (κ3) is 6.47. The van der Waals surface area contributed by atoms with Crippen LogP contribution in [0.1, 0.15) is 25.0 Å². The first kappa shape index (κ1) is 23.2. The molecule has 0 saturated carbocycles. The summed E-state index contributed by atoms with van der Waals surface area (Å²) in [5.74, 6) is -3.66. The summed E-state index contributed by atoms with van der Waals surface area (Å²) >= 11 is 0. The monoisotopic (exact) mass is 424 g/mol. The number of carboxylic acids is 1. The van der Waals surface area contributed by atoms with Gasteiger partial charge in [-0.15, -0.1) is 0 Å². The first-order chi connectivity index (χ1) is 13.6. The van der Waals surface area contributed by atoms with Crippen molar-refractivity contribution in [1.82, 2.24) is 0 Å². The average Bonchev–Trinajstić information content (AvgIpc) is 2.67. The molecule has 2 rings (SSSR count). The fraction of sp³-hybridized carbons (Fsp3) is 0.350. The largest absolute Gasteiger partial charge is 0.477 e. The van der Waals surface area contributed by atoms with E-state index < -0.39 is 31.6 Å². The van der Waals surface area contributed by atoms with Crippen LogP contribution in [-0.4, -0.2) is 33.3 Å². The number of phosphoric ester groups is 1. The molecule has 29 heavy (non-hydrogen) atoms. The molecule has 3 N–H and O–H groups in total. The summed E-state index contributed by atoms with van der Waals surface area (Å²) < 4.78 is 27.3. The van der Waals surface area contributed by atoms with Gasteiger partial charge in [0.1, 0.15) is 0 Å². The lowest BCUT2D eigenvalue weighted by atomic mass is 9.83. The minimum Gasteiger partial charge on any atom is -0.477 e. The maximum atomic E-state index is 12.3. The number of hydrogen-bond donors (Lipinski definition) is 3. The molecule has 9 heteroatoms. The Kier molecular flexibility index (Phi) is 7.71. The van der Waals surface area contributed by atoms with Gasteiger partial charge in [0, 0.05) is 0 Å². The molecule has 8 nitrogen and oxygen atoms in total. The van der Waals surface area contributed by atoms with Crippen molar-refractivity contribution < 1.29 is 38.3 Å². The zero-order valence-electron chi connectivity index (χ0n) is 16.2. The molecule has 0 amide bonds. The fourth-order valence-electron chi connectivity index (χ4n) is 2.70. The molecule has 0 unspecified atom stereocenters. The number of carbonyl (C=O) groups is 1. The van der Waals surface area contributed by atoms with Crippen LogP contribution in [-0.2, 0) is 36.6 Å². The molecule has 0 spiro atoms. The van der Waals surface area contributed by atoms with Gasteiger partial charge in [-0.3, -0.25) is 4.52 Å². The van der Waals surface area contributed by atoms with Crippen LogP contribution < -0.4 is 0 Å². The van der Waals surface area contributed by atoms with Gasteiger partial charge in [0.25, 0.3) is 5.79 Å². The van der Waals surface area contributed by atoms with Gasteiger partial charge in [0.05, 0.1) is 25.2 Å². The lowest BCUT2D eigenvalue weighted by molar-refractivity contribution is -0.300. The number of hydrogen-bond acceptors (Lipinski definition) is 5. The molecule has 0 radical (unpaired) electrons. The fourth-order valence-corrected chi connectivity index (χ4v) is 3.20. The Balaban J connectivity index is 2.33. The minimum absolute atomic E-state index is 0.0821. The Hall–Kier alpha value is -2.06. The molecule has 0 bridgehead atoms. The Morgan fingerprint density at radius 1 is 0.897 bits per heavy atom. The van der Waals surface area contributed by atoms with Crippen molar-refractivity contribution in [2.45, 2.75) is 32.8 Å². The van der Waals surface area contributed by atoms with Gasteiger partial charge in [0.2, 0.25) is 0 Å². The standard InChI is InChI=1S/C20H25O8P/c1-19(2,15-28-29(23,24)25)20(18(21)22,26-13-16-9-5-3-6-10-16)27-14-17-11-7-4-8-12-17/h3-12H,13-15H2,1-2H3,(H,21,22)(H2,23,24,25). The van der Waals surface area contributed by atoms with E-state index in [9.17, 15) is 14.5 Å². The highest BCUT2D eigenvalue weighted by Gasteiger charge is 2.55. The third-order valence-corrected chi connectivity index (χ3v) is 4.80. The van der Waals surface area contributed by atoms with Crippen LogP contribution in [0.25, 0.3) is 0 Å². The molecule has 0 saturated heterocycles. The lowest BCUT2D eigenvalue weighted by Crippen LogP contribution is -2.57. The zero-order valence-corrected chi connectivity index (χ0v) is 17.1. The predicted octanol–water partition coefficient (Wildman–Crippen LogP) is 3.34. The van der Waals surface area contributed by atoms with Gasteiger partial charge >= 0.3 is 13.8 Å². The van der Waals surface area contributed by atoms with Gasteiger partial charge in [-0.05, 0) is 11.1 Å². The van der Waals surface area contributed by atoms with E-state index in [2.05, 4.69) is 4.52 Å². The van der Waals surface area contributed by atoms with E-state index in [-0.39, 0.29) is 13.2 Å². The third-order valence-electron chi connectivity index (χ3n) is 4.34. The van der Waals surface area contributed by atoms with E-state index in [1.807, 2.05) is 12.1 Å². The van der Waals surface area contributed by atoms with Crippen LogP contribution in [0.2, 0.25) is 0 Å². The quantitative estimate of drug-likeness (QED) is 0.371. The summed E-state index contributed by atoms with van der Waals surface area (Å²) in [6.07, 6.45) is 0. The molecule has 0 aliphatic carbocycles. The number of phosphoric acid groups is 1. The highest BCUT2D eigenvalue weighted by Crippen LogP contribution is 2.43. The molecule has 2 aromatic rings. The summed E-state index contributed by atoms with van der Waals surface area (Å²) in [5.41, 5.74) is -0.0231. The molecular weight excluding hydrogens is 399 g/mol. The zero-order chi connectivity index (χ0) is 21.5. The molecule has 0 aliphatic rings. The van der Waals surface area contributed by atoms with Crippen LogP contribution in [0.5, 0.6) is 0 Å². The second kappa shape index (κ2) is 9.63. The highest BCUT2D eigenvalue weighted by atomic mass is 31.2. The Morgan fingerprint density at radius 2 is 1.31 bits per heavy atom. The van der Waals surface area contributed by atoms with Gasteiger partial charge in [-0.2, -0.15) is 0 Å². The first-order valence-electron chi connectivity index (χ1n) is 8.85. The van der Waals surface area contributed by atoms with Gasteiger partial charge in [-0.25, -0.2) is 9.36 Å². The number of rotatable bonds is 11. The summed E-state index contributed by atoms with van der Waals surface area (Å²) in [6, 6.07) is 17.8. The van der Waals surface area contributed by atoms with Gasteiger partial charge < -0.3 is 24.4 Å². The number of benzene rings is 2. The van der Waals surface area contributed by atoms with E-state index >= 15 is 0 Å². The van der Waals surface area contributed by atoms with E-state index in [1.54, 1.807) is 48.5 Å². The van der Waals surface area contributed by atoms with Gasteiger partial charge in [0.15, 0.2) is 0 Å². The number of carboxylic acid groups (broad SMARTS) is 1. The van der Waals surface area contributed by atoms with Crippen molar-refractivity contribution in [3.8, 4) is 0 Å². The van der Waals surface area contributed by atoms with Crippen LogP contribution in [0.3, 0.4) is 0 Å². The normalized spacial score (nSPS) is 12.7. The Bertz CT molecular complexity index is 789. The number of ether oxygens (including phenoxy) is 2. The second-order valence-corrected chi connectivity index (χ2v) is 8.36. The molecular formula is C20H25O8P. The Morgan fingerprint density at radius 3 is 1.66 bits per heavy atom. The van der Waals surface area contributed by atoms with Crippen molar-refractivity contribution in [3.05, 3.63) is 71.8 Å². The highest BCUT2D eigenvalue weighted by molar-refractivity contribution is 7.46. The number of aliphatic carboxylic acids is 1. The maximum absolute atomic E-state index is 12.3. The molecule has 0 heterocycles. The van der Waals surface area contributed by atoms with E-state index in [0.717, 1.165) is 0 Å². The van der Waals surface area contributed by atoms with Crippen molar-refractivity contribution in [1.29, 1.82) is 0 Å². The van der Waals surface area contributed by atoms with Crippen LogP contribution in [0, 0.1) is 5.41 Å². The summed E-state index contributed by atoms with van der Waals surface area (Å²) in [7, 11) is -4.82. The average molecular weight is 424 g/mol. The van der Waals surface area contributed by atoms with Crippen molar-refractivity contribution >= 4 is 13.8 Å². The van der Waals surface area contributed by atoms with E-state index in [4.69, 9.17) is 19.3 Å². The van der Waals surface area contributed by atoms with E-state index in [0.29, 0.717) is 11.1 Å². The van der Waals surface area contributed by atoms with Crippen LogP contribution in [0.15, 0.2) is 60.7 Å². The van der Waals surface area contributed by atoms with Crippen molar-refractivity contribution in [3.63, 3.8) is 0 Å². The SMILES string of the molecule is CC(C)(COP(=O)(O)O)C(OCc1ccccc1)(OCc1ccccc1)C(=O)O. The summed E-state index contributed by atoms with van der Waals surface area (Å²) in [4.78, 5) is 30.5. The lowest BCUT2D eigenvalue weighted by Gasteiger charge is -2.42. The van der Waals surface area contributed by atoms with Crippen molar-refractivity contribution in [2.24, 2.45) is 5.41 Å². The molecule has 0 atom stereocenters. The van der Waals surface area contributed by atoms with Crippen molar-refractivity contribution in [2.75, 3.05) is 6.61 Å². The summed E-state index contributed by atoms with van der Waals surface area (Å²) in [6.45, 7) is 2.13. The molecule has 0 aliphatic heterocycles. The summed E-state index contributed by atoms with van der Waals surface area (Å²) in [5, 5.41) is 10.0. The first-order valence-corrected chi connectivity index (χ1v) is 10.4. The maximum Gasteiger partial charge on any atom is 0.469 e. The predicted molar refractivity (Wildman–Crippen MR) is 105 cm³/mol. The second-order valence-electron chi connectivity index (χ2n) is 7.12. The smallest absolute Gasteiger partial charge is 0.469 e. The van der Waals surface area contributed by atoms with Crippen LogP contribution >= 0.6 is 7.82 Å². The topological polar surface area (TPSA) is 123 Å². The van der Waals surface area contributed by atoms with Crippen LogP contribution in [0.4, 0.5) is 0 Å². The minimum atomic E-state index is -4.82. The Labute approximate surface area is 169 Å². The van der Waals surface area contributed by atoms with E-state index in [1.165, 1.54) is 13.8 Å².